The van der Waals surface area contributed by atoms with Gasteiger partial charge in [0, 0.05) is 17.6 Å². The molecule has 0 saturated heterocycles. The second-order valence-electron chi connectivity index (χ2n) is 5.49. The van der Waals surface area contributed by atoms with E-state index < -0.39 is 0 Å². The van der Waals surface area contributed by atoms with Crippen molar-refractivity contribution in [2.24, 2.45) is 5.92 Å². The molecule has 19 heavy (non-hydrogen) atoms. The number of rotatable bonds is 3. The molecule has 0 bridgehead atoms. The third-order valence-corrected chi connectivity index (χ3v) is 4.27. The molecule has 1 aromatic carbocycles. The highest BCUT2D eigenvalue weighted by molar-refractivity contribution is 6.30. The van der Waals surface area contributed by atoms with Gasteiger partial charge in [0.2, 0.25) is 0 Å². The van der Waals surface area contributed by atoms with Crippen LogP contribution in [0, 0.1) is 17.2 Å². The number of benzene rings is 1. The quantitative estimate of drug-likeness (QED) is 0.772. The van der Waals surface area contributed by atoms with Crippen molar-refractivity contribution in [2.75, 3.05) is 7.05 Å². The first kappa shape index (κ1) is 14.4. The van der Waals surface area contributed by atoms with E-state index >= 15 is 0 Å². The molecule has 0 spiro atoms. The molecule has 1 aromatic rings. The number of hydrogen-bond donors (Lipinski definition) is 0. The monoisotopic (exact) mass is 276 g/mol. The van der Waals surface area contributed by atoms with E-state index in [1.54, 1.807) is 0 Å². The minimum atomic E-state index is 0.173. The van der Waals surface area contributed by atoms with Crippen molar-refractivity contribution >= 4 is 11.6 Å². The zero-order valence-electron chi connectivity index (χ0n) is 11.5. The molecule has 0 N–H and O–H groups in total. The molecular weight excluding hydrogens is 256 g/mol. The van der Waals surface area contributed by atoms with Gasteiger partial charge in [0.1, 0.15) is 0 Å². The molecule has 0 aromatic heterocycles. The first-order valence-corrected chi connectivity index (χ1v) is 7.43. The summed E-state index contributed by atoms with van der Waals surface area (Å²) in [5.41, 5.74) is 1.22. The van der Waals surface area contributed by atoms with Crippen LogP contribution >= 0.6 is 11.6 Å². The van der Waals surface area contributed by atoms with Gasteiger partial charge < -0.3 is 0 Å². The smallest absolute Gasteiger partial charge is 0.0672 e. The van der Waals surface area contributed by atoms with E-state index in [9.17, 15) is 5.26 Å². The fraction of sp³-hybridized carbons (Fsp3) is 0.562. The lowest BCUT2D eigenvalue weighted by Crippen LogP contribution is -2.36. The SMILES string of the molecule is CN(Cc1cccc(Cl)c1)C1CCCCCC1C#N. The molecule has 1 aliphatic rings. The maximum atomic E-state index is 9.35. The summed E-state index contributed by atoms with van der Waals surface area (Å²) < 4.78 is 0. The normalized spacial score (nSPS) is 23.9. The van der Waals surface area contributed by atoms with E-state index in [0.29, 0.717) is 6.04 Å². The minimum absolute atomic E-state index is 0.173. The highest BCUT2D eigenvalue weighted by atomic mass is 35.5. The average Bonchev–Trinajstić information content (AvgIpc) is 2.63. The predicted molar refractivity (Wildman–Crippen MR) is 78.9 cm³/mol. The summed E-state index contributed by atoms with van der Waals surface area (Å²) >= 11 is 6.03. The molecule has 0 amide bonds. The number of nitriles is 1. The molecule has 2 unspecified atom stereocenters. The Labute approximate surface area is 121 Å². The Morgan fingerprint density at radius 2 is 2.11 bits per heavy atom. The van der Waals surface area contributed by atoms with E-state index in [0.717, 1.165) is 24.4 Å². The molecule has 0 radical (unpaired) electrons. The van der Waals surface area contributed by atoms with E-state index in [4.69, 9.17) is 11.6 Å². The van der Waals surface area contributed by atoms with Gasteiger partial charge in [-0.2, -0.15) is 5.26 Å². The van der Waals surface area contributed by atoms with Gasteiger partial charge in [0.15, 0.2) is 0 Å². The molecule has 3 heteroatoms. The Bertz CT molecular complexity index is 452. The number of hydrogen-bond acceptors (Lipinski definition) is 2. The average molecular weight is 277 g/mol. The standard InChI is InChI=1S/C16H21ClN2/c1-19(12-13-6-5-8-15(17)10-13)16-9-4-2-3-7-14(16)11-18/h5-6,8,10,14,16H,2-4,7,9,12H2,1H3. The summed E-state index contributed by atoms with van der Waals surface area (Å²) in [6.45, 7) is 0.864. The van der Waals surface area contributed by atoms with Gasteiger partial charge in [0.25, 0.3) is 0 Å². The lowest BCUT2D eigenvalue weighted by Gasteiger charge is -2.30. The lowest BCUT2D eigenvalue weighted by molar-refractivity contribution is 0.183. The van der Waals surface area contributed by atoms with Crippen LogP contribution in [-0.2, 0) is 6.54 Å². The van der Waals surface area contributed by atoms with Crippen molar-refractivity contribution in [1.82, 2.24) is 4.90 Å². The molecule has 0 heterocycles. The third kappa shape index (κ3) is 3.96. The van der Waals surface area contributed by atoms with Crippen LogP contribution in [0.2, 0.25) is 5.02 Å². The molecule has 1 saturated carbocycles. The van der Waals surface area contributed by atoms with Crippen molar-refractivity contribution in [3.63, 3.8) is 0 Å². The maximum Gasteiger partial charge on any atom is 0.0672 e. The van der Waals surface area contributed by atoms with Crippen molar-refractivity contribution in [2.45, 2.75) is 44.7 Å². The van der Waals surface area contributed by atoms with Gasteiger partial charge in [-0.15, -0.1) is 0 Å². The van der Waals surface area contributed by atoms with Crippen LogP contribution in [0.5, 0.6) is 0 Å². The summed E-state index contributed by atoms with van der Waals surface area (Å²) in [5.74, 6) is 0.173. The summed E-state index contributed by atoms with van der Waals surface area (Å²) in [5, 5.41) is 10.1. The molecule has 0 aliphatic heterocycles. The van der Waals surface area contributed by atoms with Crippen molar-refractivity contribution in [3.05, 3.63) is 34.9 Å². The first-order valence-electron chi connectivity index (χ1n) is 7.05. The predicted octanol–water partition coefficient (Wildman–Crippen LogP) is 4.24. The van der Waals surface area contributed by atoms with Crippen molar-refractivity contribution in [3.8, 4) is 6.07 Å². The number of nitrogens with zero attached hydrogens (tertiary/aromatic N) is 2. The van der Waals surface area contributed by atoms with E-state index in [1.165, 1.54) is 24.8 Å². The molecular formula is C16H21ClN2. The zero-order chi connectivity index (χ0) is 13.7. The minimum Gasteiger partial charge on any atom is -0.298 e. The third-order valence-electron chi connectivity index (χ3n) is 4.03. The van der Waals surface area contributed by atoms with Crippen LogP contribution in [0.25, 0.3) is 0 Å². The zero-order valence-corrected chi connectivity index (χ0v) is 12.2. The Balaban J connectivity index is 2.05. The number of halogens is 1. The van der Waals surface area contributed by atoms with Gasteiger partial charge in [0.05, 0.1) is 12.0 Å². The van der Waals surface area contributed by atoms with Crippen LogP contribution in [0.1, 0.15) is 37.7 Å². The van der Waals surface area contributed by atoms with Gasteiger partial charge in [-0.3, -0.25) is 4.90 Å². The molecule has 2 rings (SSSR count). The first-order chi connectivity index (χ1) is 9.20. The largest absolute Gasteiger partial charge is 0.298 e. The summed E-state index contributed by atoms with van der Waals surface area (Å²) in [7, 11) is 2.13. The summed E-state index contributed by atoms with van der Waals surface area (Å²) in [6.07, 6.45) is 5.87. The van der Waals surface area contributed by atoms with Crippen molar-refractivity contribution < 1.29 is 0 Å². The molecule has 2 nitrogen and oxygen atoms in total. The van der Waals surface area contributed by atoms with Gasteiger partial charge in [-0.1, -0.05) is 43.0 Å². The van der Waals surface area contributed by atoms with Crippen LogP contribution < -0.4 is 0 Å². The Hall–Kier alpha value is -1.04. The fourth-order valence-electron chi connectivity index (χ4n) is 3.01. The van der Waals surface area contributed by atoms with E-state index in [-0.39, 0.29) is 5.92 Å². The highest BCUT2D eigenvalue weighted by Gasteiger charge is 2.26. The Morgan fingerprint density at radius 3 is 2.84 bits per heavy atom. The highest BCUT2D eigenvalue weighted by Crippen LogP contribution is 2.27. The topological polar surface area (TPSA) is 27.0 Å². The van der Waals surface area contributed by atoms with Crippen LogP contribution in [-0.4, -0.2) is 18.0 Å². The van der Waals surface area contributed by atoms with Crippen LogP contribution in [0.4, 0.5) is 0 Å². The maximum absolute atomic E-state index is 9.35. The molecule has 102 valence electrons. The summed E-state index contributed by atoms with van der Waals surface area (Å²) in [6, 6.07) is 10.9. The van der Waals surface area contributed by atoms with Gasteiger partial charge in [-0.05, 0) is 37.6 Å². The van der Waals surface area contributed by atoms with Crippen LogP contribution in [0.3, 0.4) is 0 Å². The Morgan fingerprint density at radius 1 is 1.32 bits per heavy atom. The lowest BCUT2D eigenvalue weighted by atomic mass is 9.95. The second-order valence-corrected chi connectivity index (χ2v) is 5.92. The fourth-order valence-corrected chi connectivity index (χ4v) is 3.22. The molecule has 2 atom stereocenters. The molecule has 1 aliphatic carbocycles. The van der Waals surface area contributed by atoms with E-state index in [2.05, 4.69) is 24.1 Å². The second kappa shape index (κ2) is 6.93. The van der Waals surface area contributed by atoms with E-state index in [1.807, 2.05) is 18.2 Å². The molecule has 1 fully saturated rings. The Kier molecular flexibility index (Phi) is 5.24. The van der Waals surface area contributed by atoms with Crippen molar-refractivity contribution in [1.29, 1.82) is 5.26 Å². The van der Waals surface area contributed by atoms with Crippen LogP contribution in [0.15, 0.2) is 24.3 Å². The van der Waals surface area contributed by atoms with Gasteiger partial charge in [-0.25, -0.2) is 0 Å². The van der Waals surface area contributed by atoms with Gasteiger partial charge >= 0.3 is 0 Å². The summed E-state index contributed by atoms with van der Waals surface area (Å²) in [4.78, 5) is 2.32.